The van der Waals surface area contributed by atoms with E-state index < -0.39 is 17.7 Å². The fourth-order valence-electron chi connectivity index (χ4n) is 3.51. The topological polar surface area (TPSA) is 87.1 Å². The Morgan fingerprint density at radius 3 is 2.66 bits per heavy atom. The molecule has 2 N–H and O–H groups in total. The molecule has 0 saturated carbocycles. The monoisotopic (exact) mass is 415 g/mol. The molecule has 0 spiro atoms. The Bertz CT molecular complexity index is 919. The summed E-state index contributed by atoms with van der Waals surface area (Å²) in [6.07, 6.45) is 2.69. The Balaban J connectivity index is 2.06. The van der Waals surface area contributed by atoms with Gasteiger partial charge in [0.05, 0.1) is 23.1 Å². The normalized spacial score (nSPS) is 16.6. The van der Waals surface area contributed by atoms with Gasteiger partial charge in [-0.15, -0.1) is 11.3 Å². The number of aliphatic hydroxyl groups is 1. The van der Waals surface area contributed by atoms with Gasteiger partial charge in [0.2, 0.25) is 5.78 Å². The lowest BCUT2D eigenvalue weighted by Crippen LogP contribution is -2.32. The van der Waals surface area contributed by atoms with Gasteiger partial charge < -0.3 is 19.8 Å². The molecule has 1 aromatic carbocycles. The lowest BCUT2D eigenvalue weighted by molar-refractivity contribution is -0.129. The molecule has 0 fully saturated rings. The maximum Gasteiger partial charge on any atom is 0.290 e. The molecule has 1 aliphatic rings. The first-order valence-corrected chi connectivity index (χ1v) is 10.7. The number of carbonyl (C=O) groups is 2. The van der Waals surface area contributed by atoms with E-state index in [-0.39, 0.29) is 22.9 Å². The van der Waals surface area contributed by atoms with E-state index in [9.17, 15) is 19.8 Å². The van der Waals surface area contributed by atoms with Crippen molar-refractivity contribution in [3.63, 3.8) is 0 Å². The molecule has 29 heavy (non-hydrogen) atoms. The van der Waals surface area contributed by atoms with Gasteiger partial charge in [-0.1, -0.05) is 31.9 Å². The van der Waals surface area contributed by atoms with E-state index in [1.165, 1.54) is 22.3 Å². The Morgan fingerprint density at radius 1 is 1.21 bits per heavy atom. The van der Waals surface area contributed by atoms with Gasteiger partial charge in [-0.2, -0.15) is 0 Å². The number of benzene rings is 1. The third-order valence-corrected chi connectivity index (χ3v) is 5.76. The lowest BCUT2D eigenvalue weighted by Gasteiger charge is -2.27. The van der Waals surface area contributed by atoms with Gasteiger partial charge in [-0.25, -0.2) is 0 Å². The van der Waals surface area contributed by atoms with Crippen LogP contribution in [0.15, 0.2) is 47.0 Å². The molecule has 1 aliphatic heterocycles. The molecule has 1 amide bonds. The predicted octanol–water partition coefficient (Wildman–Crippen LogP) is 4.62. The second kappa shape index (κ2) is 9.13. The lowest BCUT2D eigenvalue weighted by atomic mass is 9.95. The van der Waals surface area contributed by atoms with Gasteiger partial charge in [-0.3, -0.25) is 9.59 Å². The summed E-state index contributed by atoms with van der Waals surface area (Å²) in [7, 11) is 0. The minimum atomic E-state index is -0.728. The predicted molar refractivity (Wildman–Crippen MR) is 112 cm³/mol. The molecule has 2 aromatic rings. The fraction of sp³-hybridized carbons (Fsp3) is 0.364. The molecule has 7 heteroatoms. The maximum absolute atomic E-state index is 13.1. The Kier molecular flexibility index (Phi) is 6.59. The van der Waals surface area contributed by atoms with Crippen molar-refractivity contribution in [3.8, 4) is 11.5 Å². The van der Waals surface area contributed by atoms with Gasteiger partial charge in [0, 0.05) is 6.54 Å². The number of hydrogen-bond donors (Lipinski definition) is 2. The van der Waals surface area contributed by atoms with E-state index in [0.717, 1.165) is 19.3 Å². The van der Waals surface area contributed by atoms with Crippen LogP contribution in [0.2, 0.25) is 0 Å². The number of thiophene rings is 1. The van der Waals surface area contributed by atoms with Gasteiger partial charge >= 0.3 is 0 Å². The zero-order chi connectivity index (χ0) is 21.0. The van der Waals surface area contributed by atoms with Crippen molar-refractivity contribution in [1.82, 2.24) is 4.90 Å². The average molecular weight is 416 g/mol. The quantitative estimate of drug-likeness (QED) is 0.461. The zero-order valence-electron chi connectivity index (χ0n) is 16.6. The van der Waals surface area contributed by atoms with Crippen LogP contribution in [0.3, 0.4) is 0 Å². The molecule has 1 aromatic heterocycles. The molecule has 1 unspecified atom stereocenters. The molecule has 0 radical (unpaired) electrons. The summed E-state index contributed by atoms with van der Waals surface area (Å²) in [5.74, 6) is -1.15. The fourth-order valence-corrected chi connectivity index (χ4v) is 4.19. The molecular weight excluding hydrogens is 390 g/mol. The van der Waals surface area contributed by atoms with Crippen LogP contribution < -0.4 is 4.74 Å². The molecule has 2 heterocycles. The first kappa shape index (κ1) is 20.9. The van der Waals surface area contributed by atoms with Crippen molar-refractivity contribution < 1.29 is 24.5 Å². The molecule has 154 valence electrons. The Labute approximate surface area is 174 Å². The van der Waals surface area contributed by atoms with E-state index in [1.54, 1.807) is 36.6 Å². The third kappa shape index (κ3) is 4.15. The highest BCUT2D eigenvalue weighted by atomic mass is 32.1. The van der Waals surface area contributed by atoms with Crippen LogP contribution in [0, 0.1) is 0 Å². The highest BCUT2D eigenvalue weighted by Gasteiger charge is 2.43. The number of ketones is 1. The highest BCUT2D eigenvalue weighted by Crippen LogP contribution is 2.42. The van der Waals surface area contributed by atoms with Crippen LogP contribution in [-0.4, -0.2) is 40.0 Å². The number of carbonyl (C=O) groups excluding carboxylic acids is 2. The number of aromatic hydroxyl groups is 1. The van der Waals surface area contributed by atoms with Crippen LogP contribution in [-0.2, 0) is 4.79 Å². The largest absolute Gasteiger partial charge is 0.504 e. The van der Waals surface area contributed by atoms with Gasteiger partial charge in [0.1, 0.15) is 0 Å². The first-order chi connectivity index (χ1) is 14.0. The smallest absolute Gasteiger partial charge is 0.290 e. The van der Waals surface area contributed by atoms with Crippen molar-refractivity contribution in [3.05, 3.63) is 57.5 Å². The summed E-state index contributed by atoms with van der Waals surface area (Å²) >= 11 is 1.27. The van der Waals surface area contributed by atoms with Crippen molar-refractivity contribution >= 4 is 23.0 Å². The van der Waals surface area contributed by atoms with Crippen LogP contribution in [0.4, 0.5) is 0 Å². The maximum atomic E-state index is 13.1. The van der Waals surface area contributed by atoms with Crippen molar-refractivity contribution in [2.45, 2.75) is 39.2 Å². The van der Waals surface area contributed by atoms with Crippen molar-refractivity contribution in [1.29, 1.82) is 0 Å². The summed E-state index contributed by atoms with van der Waals surface area (Å²) in [5.41, 5.74) is 0.683. The van der Waals surface area contributed by atoms with E-state index in [0.29, 0.717) is 23.6 Å². The number of phenols is 1. The second-order valence-corrected chi connectivity index (χ2v) is 7.78. The van der Waals surface area contributed by atoms with Crippen LogP contribution in [0.1, 0.15) is 54.4 Å². The number of unbranched alkanes of at least 4 members (excludes halogenated alkanes) is 2. The summed E-state index contributed by atoms with van der Waals surface area (Å²) in [6, 6.07) is 7.48. The highest BCUT2D eigenvalue weighted by molar-refractivity contribution is 7.12. The van der Waals surface area contributed by atoms with Gasteiger partial charge in [-0.05, 0) is 42.5 Å². The van der Waals surface area contributed by atoms with E-state index >= 15 is 0 Å². The molecular formula is C22H25NO5S. The Morgan fingerprint density at radius 2 is 2.00 bits per heavy atom. The van der Waals surface area contributed by atoms with Gasteiger partial charge in [0.25, 0.3) is 5.91 Å². The minimum absolute atomic E-state index is 0.0169. The zero-order valence-corrected chi connectivity index (χ0v) is 17.4. The number of hydrogen-bond acceptors (Lipinski definition) is 6. The molecule has 6 nitrogen and oxygen atoms in total. The summed E-state index contributed by atoms with van der Waals surface area (Å²) < 4.78 is 5.48. The average Bonchev–Trinajstić information content (AvgIpc) is 3.33. The third-order valence-electron chi connectivity index (χ3n) is 4.90. The standard InChI is InChI=1S/C22H25NO5S/c1-3-5-6-11-23-19(14-9-10-15(24)16(13-14)28-4-2)18(21(26)22(23)27)20(25)17-8-7-12-29-17/h7-10,12-13,19,24,26H,3-6,11H2,1-2H3. The second-order valence-electron chi connectivity index (χ2n) is 6.84. The molecule has 3 rings (SSSR count). The molecule has 0 saturated heterocycles. The summed E-state index contributed by atoms with van der Waals surface area (Å²) in [6.45, 7) is 4.66. The van der Waals surface area contributed by atoms with Crippen LogP contribution in [0.25, 0.3) is 0 Å². The van der Waals surface area contributed by atoms with Gasteiger partial charge in [0.15, 0.2) is 17.3 Å². The van der Waals surface area contributed by atoms with E-state index in [4.69, 9.17) is 4.74 Å². The molecule has 1 atom stereocenters. The van der Waals surface area contributed by atoms with E-state index in [1.807, 2.05) is 0 Å². The number of nitrogens with zero attached hydrogens (tertiary/aromatic N) is 1. The van der Waals surface area contributed by atoms with Crippen molar-refractivity contribution in [2.24, 2.45) is 0 Å². The summed E-state index contributed by atoms with van der Waals surface area (Å²) in [4.78, 5) is 28.0. The Hall–Kier alpha value is -2.80. The van der Waals surface area contributed by atoms with Crippen molar-refractivity contribution in [2.75, 3.05) is 13.2 Å². The number of amides is 1. The number of phenolic OH excluding ortho intramolecular Hbond substituents is 1. The number of rotatable bonds is 9. The molecule has 0 bridgehead atoms. The first-order valence-electron chi connectivity index (χ1n) is 9.77. The number of Topliss-reactive ketones (excluding diaryl/α,β-unsaturated/α-hetero) is 1. The number of ether oxygens (including phenoxy) is 1. The van der Waals surface area contributed by atoms with Crippen LogP contribution >= 0.6 is 11.3 Å². The summed E-state index contributed by atoms with van der Waals surface area (Å²) in [5, 5.41) is 22.4. The molecule has 0 aliphatic carbocycles. The number of aliphatic hydroxyl groups excluding tert-OH is 1. The van der Waals surface area contributed by atoms with E-state index in [2.05, 4.69) is 6.92 Å². The van der Waals surface area contributed by atoms with Crippen LogP contribution in [0.5, 0.6) is 11.5 Å². The minimum Gasteiger partial charge on any atom is -0.504 e. The SMILES string of the molecule is CCCCCN1C(=O)C(O)=C(C(=O)c2cccs2)C1c1ccc(O)c(OCC)c1.